The van der Waals surface area contributed by atoms with Crippen molar-refractivity contribution < 1.29 is 5.11 Å². The van der Waals surface area contributed by atoms with E-state index in [0.717, 1.165) is 39.0 Å². The Morgan fingerprint density at radius 1 is 1.45 bits per heavy atom. The Morgan fingerprint density at radius 3 is 3.05 bits per heavy atom. The Balaban J connectivity index is 1.43. The Morgan fingerprint density at radius 2 is 2.30 bits per heavy atom. The third kappa shape index (κ3) is 3.40. The van der Waals surface area contributed by atoms with Crippen LogP contribution in [0.3, 0.4) is 0 Å². The Kier molecular flexibility index (Phi) is 4.10. The summed E-state index contributed by atoms with van der Waals surface area (Å²) in [6.45, 7) is 6.58. The van der Waals surface area contributed by atoms with E-state index in [0.29, 0.717) is 6.04 Å². The molecule has 1 aliphatic heterocycles. The molecule has 1 atom stereocenters. The van der Waals surface area contributed by atoms with Crippen LogP contribution in [0.15, 0.2) is 12.4 Å². The molecule has 0 aromatic carbocycles. The van der Waals surface area contributed by atoms with E-state index in [1.807, 2.05) is 6.20 Å². The predicted octanol–water partition coefficient (Wildman–Crippen LogP) is 0.982. The minimum atomic E-state index is -0.102. The number of imidazole rings is 1. The molecule has 2 heterocycles. The quantitative estimate of drug-likeness (QED) is 0.781. The molecule has 0 amide bonds. The zero-order chi connectivity index (χ0) is 14.0. The minimum Gasteiger partial charge on any atom is -0.394 e. The first-order chi connectivity index (χ1) is 9.68. The fourth-order valence-corrected chi connectivity index (χ4v) is 3.02. The molecule has 1 fully saturated rings. The highest BCUT2D eigenvalue weighted by atomic mass is 16.3. The maximum atomic E-state index is 9.61. The zero-order valence-electron chi connectivity index (χ0n) is 12.4. The molecule has 2 aliphatic rings. The van der Waals surface area contributed by atoms with E-state index in [4.69, 9.17) is 0 Å². The van der Waals surface area contributed by atoms with E-state index < -0.39 is 0 Å². The van der Waals surface area contributed by atoms with Crippen molar-refractivity contribution in [1.29, 1.82) is 0 Å². The molecule has 0 bridgehead atoms. The number of fused-ring (bicyclic) bond motifs is 1. The average molecular weight is 278 g/mol. The van der Waals surface area contributed by atoms with E-state index in [2.05, 4.69) is 32.9 Å². The van der Waals surface area contributed by atoms with Gasteiger partial charge in [-0.05, 0) is 39.2 Å². The number of hydrogen-bond acceptors (Lipinski definition) is 4. The van der Waals surface area contributed by atoms with E-state index in [1.54, 1.807) is 0 Å². The summed E-state index contributed by atoms with van der Waals surface area (Å²) in [7, 11) is 0. The Bertz CT molecular complexity index is 443. The van der Waals surface area contributed by atoms with Crippen molar-refractivity contribution in [3.63, 3.8) is 0 Å². The standard InChI is InChI=1S/C15H26N4O/c1-15(12-20,17-13-3-4-13)5-2-7-18-9-10-19-8-6-16-14(19)11-18/h6,8,13,17,20H,2-5,7,9-12H2,1H3. The van der Waals surface area contributed by atoms with Gasteiger partial charge in [-0.1, -0.05) is 0 Å². The average Bonchev–Trinajstić information content (AvgIpc) is 3.13. The van der Waals surface area contributed by atoms with Crippen LogP contribution in [0, 0.1) is 0 Å². The molecule has 0 radical (unpaired) electrons. The largest absolute Gasteiger partial charge is 0.394 e. The summed E-state index contributed by atoms with van der Waals surface area (Å²) in [4.78, 5) is 6.87. The van der Waals surface area contributed by atoms with Crippen LogP contribution in [0.2, 0.25) is 0 Å². The van der Waals surface area contributed by atoms with Gasteiger partial charge in [0.15, 0.2) is 0 Å². The maximum Gasteiger partial charge on any atom is 0.122 e. The highest BCUT2D eigenvalue weighted by Gasteiger charge is 2.31. The van der Waals surface area contributed by atoms with Gasteiger partial charge in [0.1, 0.15) is 5.82 Å². The summed E-state index contributed by atoms with van der Waals surface area (Å²) in [5, 5.41) is 13.2. The van der Waals surface area contributed by atoms with Gasteiger partial charge in [-0.15, -0.1) is 0 Å². The minimum absolute atomic E-state index is 0.102. The van der Waals surface area contributed by atoms with Crippen LogP contribution in [-0.2, 0) is 13.1 Å². The van der Waals surface area contributed by atoms with Gasteiger partial charge in [0.05, 0.1) is 13.2 Å². The van der Waals surface area contributed by atoms with Gasteiger partial charge in [-0.3, -0.25) is 4.90 Å². The highest BCUT2D eigenvalue weighted by molar-refractivity contribution is 4.96. The van der Waals surface area contributed by atoms with Gasteiger partial charge >= 0.3 is 0 Å². The summed E-state index contributed by atoms with van der Waals surface area (Å²) >= 11 is 0. The third-order valence-electron chi connectivity index (χ3n) is 4.51. The van der Waals surface area contributed by atoms with Crippen molar-refractivity contribution >= 4 is 0 Å². The molecular weight excluding hydrogens is 252 g/mol. The van der Waals surface area contributed by atoms with Crippen LogP contribution in [0.1, 0.15) is 38.4 Å². The lowest BCUT2D eigenvalue weighted by atomic mass is 9.96. The van der Waals surface area contributed by atoms with Crippen LogP contribution < -0.4 is 5.32 Å². The molecular formula is C15H26N4O. The molecule has 0 saturated heterocycles. The molecule has 112 valence electrons. The van der Waals surface area contributed by atoms with Gasteiger partial charge in [0, 0.05) is 37.1 Å². The number of rotatable bonds is 7. The van der Waals surface area contributed by atoms with Gasteiger partial charge in [-0.2, -0.15) is 0 Å². The summed E-state index contributed by atoms with van der Waals surface area (Å²) in [5.41, 5.74) is -0.102. The van der Waals surface area contributed by atoms with Crippen LogP contribution in [0.4, 0.5) is 0 Å². The second kappa shape index (κ2) is 5.84. The van der Waals surface area contributed by atoms with Crippen LogP contribution in [-0.4, -0.2) is 50.8 Å². The summed E-state index contributed by atoms with van der Waals surface area (Å²) in [6.07, 6.45) is 8.65. The highest BCUT2D eigenvalue weighted by Crippen LogP contribution is 2.24. The maximum absolute atomic E-state index is 9.61. The summed E-state index contributed by atoms with van der Waals surface area (Å²) in [5.74, 6) is 1.18. The summed E-state index contributed by atoms with van der Waals surface area (Å²) < 4.78 is 2.24. The molecule has 20 heavy (non-hydrogen) atoms. The monoisotopic (exact) mass is 278 g/mol. The fraction of sp³-hybridized carbons (Fsp3) is 0.800. The number of aliphatic hydroxyl groups excluding tert-OH is 1. The lowest BCUT2D eigenvalue weighted by molar-refractivity contribution is 0.149. The van der Waals surface area contributed by atoms with Gasteiger partial charge < -0.3 is 15.0 Å². The number of hydrogen-bond donors (Lipinski definition) is 2. The first-order valence-corrected chi connectivity index (χ1v) is 7.79. The Labute approximate surface area is 121 Å². The van der Waals surface area contributed by atoms with Crippen molar-refractivity contribution in [1.82, 2.24) is 19.8 Å². The van der Waals surface area contributed by atoms with E-state index in [-0.39, 0.29) is 12.1 Å². The number of nitrogens with one attached hydrogen (secondary N) is 1. The van der Waals surface area contributed by atoms with Gasteiger partial charge in [-0.25, -0.2) is 4.98 Å². The summed E-state index contributed by atoms with van der Waals surface area (Å²) in [6, 6.07) is 0.648. The van der Waals surface area contributed by atoms with Crippen molar-refractivity contribution in [2.24, 2.45) is 0 Å². The zero-order valence-corrected chi connectivity index (χ0v) is 12.4. The second-order valence-corrected chi connectivity index (χ2v) is 6.55. The lowest BCUT2D eigenvalue weighted by Crippen LogP contribution is -2.47. The lowest BCUT2D eigenvalue weighted by Gasteiger charge is -2.31. The van der Waals surface area contributed by atoms with E-state index in [1.165, 1.54) is 18.7 Å². The molecule has 1 aromatic heterocycles. The molecule has 1 aromatic rings. The van der Waals surface area contributed by atoms with Crippen LogP contribution >= 0.6 is 0 Å². The predicted molar refractivity (Wildman–Crippen MR) is 78.4 cm³/mol. The molecule has 1 aliphatic carbocycles. The molecule has 5 heteroatoms. The first-order valence-electron chi connectivity index (χ1n) is 7.79. The Hall–Kier alpha value is -0.910. The van der Waals surface area contributed by atoms with Crippen molar-refractivity contribution in [2.45, 2.75) is 57.3 Å². The normalized spacial score (nSPS) is 22.5. The number of aromatic nitrogens is 2. The smallest absolute Gasteiger partial charge is 0.122 e. The van der Waals surface area contributed by atoms with Gasteiger partial charge in [0.2, 0.25) is 0 Å². The van der Waals surface area contributed by atoms with Crippen LogP contribution in [0.5, 0.6) is 0 Å². The number of nitrogens with zero attached hydrogens (tertiary/aromatic N) is 3. The van der Waals surface area contributed by atoms with E-state index in [9.17, 15) is 5.11 Å². The topological polar surface area (TPSA) is 53.3 Å². The first kappa shape index (κ1) is 14.0. The second-order valence-electron chi connectivity index (χ2n) is 6.55. The molecule has 5 nitrogen and oxygen atoms in total. The van der Waals surface area contributed by atoms with Crippen molar-refractivity contribution in [2.75, 3.05) is 19.7 Å². The van der Waals surface area contributed by atoms with Crippen molar-refractivity contribution in [3.8, 4) is 0 Å². The fourth-order valence-electron chi connectivity index (χ4n) is 3.02. The van der Waals surface area contributed by atoms with Gasteiger partial charge in [0.25, 0.3) is 0 Å². The molecule has 1 unspecified atom stereocenters. The molecule has 3 rings (SSSR count). The van der Waals surface area contributed by atoms with Crippen molar-refractivity contribution in [3.05, 3.63) is 18.2 Å². The molecule has 0 spiro atoms. The van der Waals surface area contributed by atoms with Crippen LogP contribution in [0.25, 0.3) is 0 Å². The SMILES string of the molecule is CC(CO)(CCCN1CCn2ccnc2C1)NC1CC1. The number of aliphatic hydroxyl groups is 1. The molecule has 1 saturated carbocycles. The molecule has 2 N–H and O–H groups in total. The van der Waals surface area contributed by atoms with E-state index >= 15 is 0 Å². The third-order valence-corrected chi connectivity index (χ3v) is 4.51.